The van der Waals surface area contributed by atoms with Crippen LogP contribution in [-0.4, -0.2) is 40.1 Å². The minimum atomic E-state index is -4.69. The maximum atomic E-state index is 13.4. The maximum Gasteiger partial charge on any atom is 0.433 e. The van der Waals surface area contributed by atoms with Gasteiger partial charge >= 0.3 is 6.18 Å². The third kappa shape index (κ3) is 3.93. The molecule has 4 aromatic rings. The number of halogens is 4. The number of aryl methyl sites for hydroxylation is 2. The molecule has 0 radical (unpaired) electrons. The third-order valence-corrected chi connectivity index (χ3v) is 5.24. The van der Waals surface area contributed by atoms with Crippen molar-refractivity contribution in [3.05, 3.63) is 58.0 Å². The van der Waals surface area contributed by atoms with Crippen LogP contribution in [0.4, 0.5) is 18.9 Å². The van der Waals surface area contributed by atoms with Crippen molar-refractivity contribution in [1.29, 1.82) is 0 Å². The van der Waals surface area contributed by atoms with Gasteiger partial charge in [-0.2, -0.15) is 28.5 Å². The Labute approximate surface area is 184 Å². The second-order valence-electron chi connectivity index (χ2n) is 7.13. The van der Waals surface area contributed by atoms with Crippen LogP contribution in [0.1, 0.15) is 40.1 Å². The zero-order valence-corrected chi connectivity index (χ0v) is 18.0. The van der Waals surface area contributed by atoms with Crippen molar-refractivity contribution in [3.63, 3.8) is 0 Å². The fourth-order valence-corrected chi connectivity index (χ4v) is 3.54. The molecule has 168 valence electrons. The first-order valence-electron chi connectivity index (χ1n) is 9.56. The van der Waals surface area contributed by atoms with Crippen molar-refractivity contribution < 1.29 is 18.0 Å². The molecule has 32 heavy (non-hydrogen) atoms. The molecule has 0 aliphatic rings. The number of hydrogen-bond donors (Lipinski definition) is 1. The summed E-state index contributed by atoms with van der Waals surface area (Å²) in [6.45, 7) is 6.53. The lowest BCUT2D eigenvalue weighted by atomic mass is 10.2. The Kier molecular flexibility index (Phi) is 5.41. The van der Waals surface area contributed by atoms with Gasteiger partial charge < -0.3 is 5.32 Å². The highest BCUT2D eigenvalue weighted by Gasteiger charge is 2.36. The van der Waals surface area contributed by atoms with Gasteiger partial charge in [0.15, 0.2) is 11.3 Å². The first-order valence-corrected chi connectivity index (χ1v) is 9.94. The number of fused-ring (bicyclic) bond motifs is 1. The van der Waals surface area contributed by atoms with Gasteiger partial charge in [0.2, 0.25) is 0 Å². The largest absolute Gasteiger partial charge is 0.433 e. The number of nitrogens with one attached hydrogen (secondary N) is 1. The molecule has 1 N–H and O–H groups in total. The molecule has 0 fully saturated rings. The van der Waals surface area contributed by atoms with E-state index in [1.807, 2.05) is 18.5 Å². The lowest BCUT2D eigenvalue weighted by Gasteiger charge is -2.09. The summed E-state index contributed by atoms with van der Waals surface area (Å²) in [7, 11) is 0. The molecule has 0 aliphatic carbocycles. The van der Waals surface area contributed by atoms with E-state index in [1.54, 1.807) is 17.1 Å². The summed E-state index contributed by atoms with van der Waals surface area (Å²) < 4.78 is 44.1. The van der Waals surface area contributed by atoms with Gasteiger partial charge in [-0.15, -0.1) is 0 Å². The molecular formula is C19H18ClF3N8O. The number of amides is 1. The predicted octanol–water partition coefficient (Wildman–Crippen LogP) is 3.73. The summed E-state index contributed by atoms with van der Waals surface area (Å²) in [5.74, 6) is -0.777. The highest BCUT2D eigenvalue weighted by Crippen LogP contribution is 2.32. The first kappa shape index (κ1) is 21.8. The molecule has 0 bridgehead atoms. The van der Waals surface area contributed by atoms with Gasteiger partial charge in [-0.3, -0.25) is 14.2 Å². The van der Waals surface area contributed by atoms with E-state index in [0.29, 0.717) is 16.7 Å². The van der Waals surface area contributed by atoms with Gasteiger partial charge in [0.1, 0.15) is 10.7 Å². The van der Waals surface area contributed by atoms with Gasteiger partial charge in [0, 0.05) is 29.7 Å². The van der Waals surface area contributed by atoms with Crippen LogP contribution in [-0.2, 0) is 19.3 Å². The van der Waals surface area contributed by atoms with E-state index in [4.69, 9.17) is 11.6 Å². The quantitative estimate of drug-likeness (QED) is 0.483. The van der Waals surface area contributed by atoms with Crippen molar-refractivity contribution in [1.82, 2.24) is 34.2 Å². The molecule has 4 rings (SSSR count). The van der Waals surface area contributed by atoms with Gasteiger partial charge in [0.05, 0.1) is 24.6 Å². The number of rotatable bonds is 5. The van der Waals surface area contributed by atoms with Crippen molar-refractivity contribution >= 4 is 28.8 Å². The van der Waals surface area contributed by atoms with Crippen molar-refractivity contribution in [2.75, 3.05) is 5.32 Å². The minimum absolute atomic E-state index is 0.0987. The Bertz CT molecular complexity index is 1320. The fraction of sp³-hybridized carbons (Fsp3) is 0.316. The summed E-state index contributed by atoms with van der Waals surface area (Å²) in [5.41, 5.74) is 0.721. The van der Waals surface area contributed by atoms with Gasteiger partial charge in [-0.1, -0.05) is 11.6 Å². The number of nitrogens with zero attached hydrogens (tertiary/aromatic N) is 7. The number of carbonyl (C=O) groups is 1. The van der Waals surface area contributed by atoms with Crippen LogP contribution in [0.25, 0.3) is 5.65 Å². The van der Waals surface area contributed by atoms with Crippen LogP contribution < -0.4 is 5.32 Å². The summed E-state index contributed by atoms with van der Waals surface area (Å²) in [6, 6.07) is 0.838. The van der Waals surface area contributed by atoms with Crippen LogP contribution in [0.15, 0.2) is 24.7 Å². The molecule has 1 amide bonds. The van der Waals surface area contributed by atoms with Gasteiger partial charge in [-0.25, -0.2) is 9.50 Å². The number of anilines is 1. The Hall–Kier alpha value is -3.41. The SMILES string of the molecule is CCn1ncc(Cn2cc(NC(=O)c3nn4c(C(F)(F)F)cc(C)nc4c3Cl)cn2)c1C. The smallest absolute Gasteiger partial charge is 0.318 e. The molecular weight excluding hydrogens is 449 g/mol. The Balaban J connectivity index is 1.58. The Morgan fingerprint density at radius 3 is 2.62 bits per heavy atom. The Morgan fingerprint density at radius 1 is 1.22 bits per heavy atom. The van der Waals surface area contributed by atoms with E-state index < -0.39 is 17.8 Å². The van der Waals surface area contributed by atoms with Crippen LogP contribution in [0.3, 0.4) is 0 Å². The van der Waals surface area contributed by atoms with E-state index in [-0.39, 0.29) is 22.1 Å². The average Bonchev–Trinajstić information content (AvgIpc) is 3.40. The third-order valence-electron chi connectivity index (χ3n) is 4.89. The van der Waals surface area contributed by atoms with Gasteiger partial charge in [-0.05, 0) is 26.8 Å². The molecule has 0 unspecified atom stereocenters. The van der Waals surface area contributed by atoms with Crippen LogP contribution in [0, 0.1) is 13.8 Å². The molecule has 0 spiro atoms. The predicted molar refractivity (Wildman–Crippen MR) is 110 cm³/mol. The monoisotopic (exact) mass is 466 g/mol. The van der Waals surface area contributed by atoms with Gasteiger partial charge in [0.25, 0.3) is 5.91 Å². The molecule has 4 aromatic heterocycles. The van der Waals surface area contributed by atoms with E-state index in [2.05, 4.69) is 25.6 Å². The number of aromatic nitrogens is 7. The molecule has 4 heterocycles. The second kappa shape index (κ2) is 7.93. The first-order chi connectivity index (χ1) is 15.1. The topological polar surface area (TPSA) is 94.9 Å². The molecule has 9 nitrogen and oxygen atoms in total. The molecule has 0 saturated carbocycles. The molecule has 0 aliphatic heterocycles. The highest BCUT2D eigenvalue weighted by atomic mass is 35.5. The number of carbonyl (C=O) groups excluding carboxylic acids is 1. The van der Waals surface area contributed by atoms with E-state index in [9.17, 15) is 18.0 Å². The highest BCUT2D eigenvalue weighted by molar-refractivity contribution is 6.37. The van der Waals surface area contributed by atoms with Crippen LogP contribution in [0.5, 0.6) is 0 Å². The normalized spacial score (nSPS) is 12.0. The lowest BCUT2D eigenvalue weighted by Crippen LogP contribution is -2.15. The number of hydrogen-bond acceptors (Lipinski definition) is 5. The molecule has 13 heteroatoms. The average molecular weight is 467 g/mol. The van der Waals surface area contributed by atoms with E-state index >= 15 is 0 Å². The second-order valence-corrected chi connectivity index (χ2v) is 7.51. The summed E-state index contributed by atoms with van der Waals surface area (Å²) >= 11 is 6.15. The summed E-state index contributed by atoms with van der Waals surface area (Å²) in [4.78, 5) is 16.7. The van der Waals surface area contributed by atoms with Crippen LogP contribution in [0.2, 0.25) is 5.02 Å². The Morgan fingerprint density at radius 2 is 1.97 bits per heavy atom. The molecule has 0 aromatic carbocycles. The maximum absolute atomic E-state index is 13.4. The molecule has 0 atom stereocenters. The zero-order chi connectivity index (χ0) is 23.2. The molecule has 0 saturated heterocycles. The van der Waals surface area contributed by atoms with E-state index in [0.717, 1.165) is 23.9 Å². The van der Waals surface area contributed by atoms with Crippen molar-refractivity contribution in [3.8, 4) is 0 Å². The van der Waals surface area contributed by atoms with E-state index in [1.165, 1.54) is 13.1 Å². The van der Waals surface area contributed by atoms with Crippen LogP contribution >= 0.6 is 11.6 Å². The van der Waals surface area contributed by atoms with Crippen molar-refractivity contribution in [2.45, 2.75) is 40.0 Å². The standard InChI is InChI=1S/C19H18ClF3N8O/c1-4-30-11(3)12(6-25-30)8-29-9-13(7-24-29)27-18(32)16-15(20)17-26-10(2)5-14(19(21,22)23)31(17)28-16/h5-7,9H,4,8H2,1-3H3,(H,27,32). The summed E-state index contributed by atoms with van der Waals surface area (Å²) in [6.07, 6.45) is 0.0704. The summed E-state index contributed by atoms with van der Waals surface area (Å²) in [5, 5.41) is 14.5. The zero-order valence-electron chi connectivity index (χ0n) is 17.3. The lowest BCUT2D eigenvalue weighted by molar-refractivity contribution is -0.142. The fourth-order valence-electron chi connectivity index (χ4n) is 3.30. The van der Waals surface area contributed by atoms with Crippen molar-refractivity contribution in [2.24, 2.45) is 0 Å². The number of alkyl halides is 3. The minimum Gasteiger partial charge on any atom is -0.318 e.